The first-order valence-electron chi connectivity index (χ1n) is 6.38. The summed E-state index contributed by atoms with van der Waals surface area (Å²) in [5.74, 6) is 0. The van der Waals surface area contributed by atoms with Crippen molar-refractivity contribution in [2.75, 3.05) is 6.54 Å². The van der Waals surface area contributed by atoms with Crippen molar-refractivity contribution in [2.45, 2.75) is 59.5 Å². The van der Waals surface area contributed by atoms with Crippen LogP contribution in [0.4, 0.5) is 0 Å². The molecular weight excluding hydrogens is 198 g/mol. The maximum absolute atomic E-state index is 4.47. The molecule has 16 heavy (non-hydrogen) atoms. The zero-order valence-corrected chi connectivity index (χ0v) is 11.1. The van der Waals surface area contributed by atoms with Gasteiger partial charge in [0.05, 0.1) is 5.69 Å². The molecule has 1 aromatic rings. The minimum Gasteiger partial charge on any atom is -0.314 e. The first-order valence-corrected chi connectivity index (χ1v) is 6.38. The van der Waals surface area contributed by atoms with Gasteiger partial charge in [-0.2, -0.15) is 5.10 Å². The molecule has 1 heterocycles. The Morgan fingerprint density at radius 1 is 1.44 bits per heavy atom. The quantitative estimate of drug-likeness (QED) is 0.770. The Labute approximate surface area is 99.2 Å². The van der Waals surface area contributed by atoms with Crippen LogP contribution in [-0.4, -0.2) is 22.4 Å². The van der Waals surface area contributed by atoms with Crippen molar-refractivity contribution >= 4 is 0 Å². The molecule has 3 heteroatoms. The van der Waals surface area contributed by atoms with Gasteiger partial charge in [-0.3, -0.25) is 4.68 Å². The molecule has 0 fully saturated rings. The Kier molecular flexibility index (Phi) is 5.53. The van der Waals surface area contributed by atoms with E-state index in [0.29, 0.717) is 6.04 Å². The van der Waals surface area contributed by atoms with E-state index in [9.17, 15) is 0 Å². The Hall–Kier alpha value is -0.830. The highest BCUT2D eigenvalue weighted by Crippen LogP contribution is 2.05. The largest absolute Gasteiger partial charge is 0.314 e. The van der Waals surface area contributed by atoms with Crippen LogP contribution in [0.2, 0.25) is 0 Å². The minimum atomic E-state index is 0.622. The smallest absolute Gasteiger partial charge is 0.0596 e. The lowest BCUT2D eigenvalue weighted by Crippen LogP contribution is -2.26. The third-order valence-corrected chi connectivity index (χ3v) is 2.85. The lowest BCUT2D eigenvalue weighted by atomic mass is 10.2. The van der Waals surface area contributed by atoms with Gasteiger partial charge >= 0.3 is 0 Å². The van der Waals surface area contributed by atoms with Gasteiger partial charge in [-0.1, -0.05) is 6.92 Å². The number of aryl methyl sites for hydroxylation is 3. The number of nitrogens with one attached hydrogen (secondary N) is 1. The maximum atomic E-state index is 4.47. The van der Waals surface area contributed by atoms with Gasteiger partial charge in [-0.15, -0.1) is 0 Å². The number of aromatic nitrogens is 2. The lowest BCUT2D eigenvalue weighted by Gasteiger charge is -2.13. The molecule has 1 unspecified atom stereocenters. The third-order valence-electron chi connectivity index (χ3n) is 2.85. The fourth-order valence-corrected chi connectivity index (χ4v) is 1.94. The van der Waals surface area contributed by atoms with Crippen molar-refractivity contribution < 1.29 is 0 Å². The van der Waals surface area contributed by atoms with Gasteiger partial charge in [0.15, 0.2) is 0 Å². The van der Waals surface area contributed by atoms with E-state index in [0.717, 1.165) is 18.8 Å². The molecule has 0 radical (unpaired) electrons. The molecule has 0 amide bonds. The highest BCUT2D eigenvalue weighted by molar-refractivity contribution is 5.06. The van der Waals surface area contributed by atoms with Gasteiger partial charge in [-0.05, 0) is 52.6 Å². The van der Waals surface area contributed by atoms with E-state index in [2.05, 4.69) is 48.9 Å². The van der Waals surface area contributed by atoms with Gasteiger partial charge in [0, 0.05) is 18.3 Å². The zero-order valence-electron chi connectivity index (χ0n) is 11.1. The van der Waals surface area contributed by atoms with Crippen LogP contribution >= 0.6 is 0 Å². The molecule has 0 saturated carbocycles. The van der Waals surface area contributed by atoms with Gasteiger partial charge < -0.3 is 5.32 Å². The van der Waals surface area contributed by atoms with E-state index in [1.54, 1.807) is 0 Å². The fraction of sp³-hybridized carbons (Fsp3) is 0.769. The van der Waals surface area contributed by atoms with Gasteiger partial charge in [0.2, 0.25) is 0 Å². The van der Waals surface area contributed by atoms with Crippen molar-refractivity contribution in [3.63, 3.8) is 0 Å². The number of hydrogen-bond acceptors (Lipinski definition) is 2. The fourth-order valence-electron chi connectivity index (χ4n) is 1.94. The molecule has 0 saturated heterocycles. The van der Waals surface area contributed by atoms with Gasteiger partial charge in [-0.25, -0.2) is 0 Å². The first-order chi connectivity index (χ1) is 7.63. The predicted octanol–water partition coefficient (Wildman–Crippen LogP) is 2.67. The van der Waals surface area contributed by atoms with Crippen molar-refractivity contribution in [2.24, 2.45) is 0 Å². The van der Waals surface area contributed by atoms with E-state index in [-0.39, 0.29) is 0 Å². The van der Waals surface area contributed by atoms with Crippen LogP contribution < -0.4 is 5.32 Å². The second kappa shape index (κ2) is 6.69. The molecule has 1 N–H and O–H groups in total. The molecule has 0 spiro atoms. The number of hydrogen-bond donors (Lipinski definition) is 1. The second-order valence-electron chi connectivity index (χ2n) is 4.65. The monoisotopic (exact) mass is 223 g/mol. The third kappa shape index (κ3) is 4.35. The zero-order chi connectivity index (χ0) is 12.0. The summed E-state index contributed by atoms with van der Waals surface area (Å²) >= 11 is 0. The van der Waals surface area contributed by atoms with Crippen LogP contribution in [0, 0.1) is 13.8 Å². The van der Waals surface area contributed by atoms with Crippen molar-refractivity contribution in [3.05, 3.63) is 17.5 Å². The molecular formula is C13H25N3. The standard InChI is InChI=1S/C13H25N3/c1-5-8-14-11(2)7-6-9-16-13(4)10-12(3)15-16/h10-11,14H,5-9H2,1-4H3. The molecule has 3 nitrogen and oxygen atoms in total. The minimum absolute atomic E-state index is 0.622. The van der Waals surface area contributed by atoms with E-state index < -0.39 is 0 Å². The Morgan fingerprint density at radius 2 is 2.19 bits per heavy atom. The summed E-state index contributed by atoms with van der Waals surface area (Å²) in [6, 6.07) is 2.76. The summed E-state index contributed by atoms with van der Waals surface area (Å²) in [4.78, 5) is 0. The summed E-state index contributed by atoms with van der Waals surface area (Å²) < 4.78 is 2.11. The van der Waals surface area contributed by atoms with Gasteiger partial charge in [0.1, 0.15) is 0 Å². The molecule has 0 aliphatic carbocycles. The summed E-state index contributed by atoms with van der Waals surface area (Å²) in [6.45, 7) is 10.8. The summed E-state index contributed by atoms with van der Waals surface area (Å²) in [5.41, 5.74) is 2.39. The number of nitrogens with zero attached hydrogens (tertiary/aromatic N) is 2. The molecule has 0 aliphatic rings. The molecule has 92 valence electrons. The van der Waals surface area contributed by atoms with Crippen LogP contribution in [-0.2, 0) is 6.54 Å². The van der Waals surface area contributed by atoms with E-state index in [1.165, 1.54) is 25.0 Å². The Bertz CT molecular complexity index is 304. The van der Waals surface area contributed by atoms with Gasteiger partial charge in [0.25, 0.3) is 0 Å². The van der Waals surface area contributed by atoms with Crippen molar-refractivity contribution in [1.82, 2.24) is 15.1 Å². The predicted molar refractivity (Wildman–Crippen MR) is 68.7 cm³/mol. The van der Waals surface area contributed by atoms with Crippen LogP contribution in [0.25, 0.3) is 0 Å². The SMILES string of the molecule is CCCNC(C)CCCn1nc(C)cc1C. The number of rotatable bonds is 7. The van der Waals surface area contributed by atoms with Crippen LogP contribution in [0.3, 0.4) is 0 Å². The summed E-state index contributed by atoms with van der Waals surface area (Å²) in [7, 11) is 0. The molecule has 0 bridgehead atoms. The summed E-state index contributed by atoms with van der Waals surface area (Å²) in [6.07, 6.45) is 3.62. The Balaban J connectivity index is 2.22. The second-order valence-corrected chi connectivity index (χ2v) is 4.65. The first kappa shape index (κ1) is 13.2. The molecule has 1 aromatic heterocycles. The molecule has 1 atom stereocenters. The highest BCUT2D eigenvalue weighted by atomic mass is 15.3. The van der Waals surface area contributed by atoms with E-state index >= 15 is 0 Å². The van der Waals surface area contributed by atoms with Crippen LogP contribution in [0.5, 0.6) is 0 Å². The molecule has 0 aromatic carbocycles. The van der Waals surface area contributed by atoms with Crippen LogP contribution in [0.15, 0.2) is 6.07 Å². The van der Waals surface area contributed by atoms with E-state index in [4.69, 9.17) is 0 Å². The topological polar surface area (TPSA) is 29.9 Å². The maximum Gasteiger partial charge on any atom is 0.0596 e. The van der Waals surface area contributed by atoms with E-state index in [1.807, 2.05) is 0 Å². The Morgan fingerprint density at radius 3 is 2.75 bits per heavy atom. The highest BCUT2D eigenvalue weighted by Gasteiger charge is 2.03. The van der Waals surface area contributed by atoms with Crippen molar-refractivity contribution in [1.29, 1.82) is 0 Å². The van der Waals surface area contributed by atoms with Crippen LogP contribution in [0.1, 0.15) is 44.5 Å². The summed E-state index contributed by atoms with van der Waals surface area (Å²) in [5, 5.41) is 7.97. The average molecular weight is 223 g/mol. The lowest BCUT2D eigenvalue weighted by molar-refractivity contribution is 0.459. The molecule has 0 aliphatic heterocycles. The van der Waals surface area contributed by atoms with Crippen molar-refractivity contribution in [3.8, 4) is 0 Å². The molecule has 1 rings (SSSR count). The normalized spacial score (nSPS) is 13.0. The average Bonchev–Trinajstić information content (AvgIpc) is 2.55.